The smallest absolute Gasteiger partial charge is 0.296 e. The molecule has 1 saturated heterocycles. The molecule has 7 heteroatoms. The zero-order valence-corrected chi connectivity index (χ0v) is 16.0. The van der Waals surface area contributed by atoms with E-state index in [0.717, 1.165) is 18.8 Å². The number of benzene rings is 1. The maximum atomic E-state index is 12.1. The van der Waals surface area contributed by atoms with Crippen LogP contribution in [0.1, 0.15) is 26.3 Å². The Morgan fingerprint density at radius 1 is 1.31 bits per heavy atom. The lowest BCUT2D eigenvalue weighted by molar-refractivity contribution is -0.127. The Kier molecular flexibility index (Phi) is 6.52. The molecule has 1 aliphatic heterocycles. The predicted octanol–water partition coefficient (Wildman–Crippen LogP) is 1.54. The fraction of sp³-hybridized carbons (Fsp3) is 0.474. The molecule has 1 heterocycles. The van der Waals surface area contributed by atoms with Crippen LogP contribution < -0.4 is 16.0 Å². The van der Waals surface area contributed by atoms with Gasteiger partial charge in [0.1, 0.15) is 6.04 Å². The summed E-state index contributed by atoms with van der Waals surface area (Å²) in [6.07, 6.45) is 0. The normalized spacial score (nSPS) is 15.6. The van der Waals surface area contributed by atoms with E-state index in [-0.39, 0.29) is 0 Å². The number of halogens is 1. The summed E-state index contributed by atoms with van der Waals surface area (Å²) in [6, 6.07) is 4.57. The quantitative estimate of drug-likeness (QED) is 0.782. The van der Waals surface area contributed by atoms with E-state index in [4.69, 9.17) is 22.1 Å². The summed E-state index contributed by atoms with van der Waals surface area (Å²) >= 11 is 6.28. The van der Waals surface area contributed by atoms with Crippen molar-refractivity contribution in [2.45, 2.75) is 26.8 Å². The van der Waals surface area contributed by atoms with Crippen molar-refractivity contribution in [2.24, 2.45) is 11.1 Å². The highest BCUT2D eigenvalue weighted by Gasteiger charge is 2.30. The number of anilines is 1. The first kappa shape index (κ1) is 20.1. The summed E-state index contributed by atoms with van der Waals surface area (Å²) in [5.74, 6) is 4.19. The lowest BCUT2D eigenvalue weighted by atomic mass is 9.86. The van der Waals surface area contributed by atoms with Crippen LogP contribution in [0.15, 0.2) is 18.2 Å². The number of morpholine rings is 1. The summed E-state index contributed by atoms with van der Waals surface area (Å²) in [7, 11) is 0. The first-order chi connectivity index (χ1) is 12.2. The number of carbonyl (C=O) groups excluding carboxylic acids is 2. The zero-order chi connectivity index (χ0) is 19.3. The number of ether oxygens (including phenoxy) is 1. The first-order valence-corrected chi connectivity index (χ1v) is 8.80. The molecule has 1 aliphatic rings. The SMILES string of the molecule is CC(C)(C)C(NC(=O)C#Cc1ccc(Cl)c(N2CCOCC2)c1)C(N)=O. The van der Waals surface area contributed by atoms with Crippen molar-refractivity contribution in [1.29, 1.82) is 0 Å². The molecule has 3 N–H and O–H groups in total. The van der Waals surface area contributed by atoms with E-state index in [1.165, 1.54) is 0 Å². The van der Waals surface area contributed by atoms with Crippen LogP contribution in [0.3, 0.4) is 0 Å². The molecule has 6 nitrogen and oxygen atoms in total. The third-order valence-corrected chi connectivity index (χ3v) is 4.36. The van der Waals surface area contributed by atoms with Gasteiger partial charge in [0.15, 0.2) is 0 Å². The molecule has 0 aromatic heterocycles. The number of carbonyl (C=O) groups is 2. The molecule has 26 heavy (non-hydrogen) atoms. The van der Waals surface area contributed by atoms with E-state index >= 15 is 0 Å². The lowest BCUT2D eigenvalue weighted by Gasteiger charge is -2.29. The van der Waals surface area contributed by atoms with Crippen LogP contribution >= 0.6 is 11.6 Å². The van der Waals surface area contributed by atoms with Crippen molar-refractivity contribution in [3.05, 3.63) is 28.8 Å². The van der Waals surface area contributed by atoms with Crippen molar-refractivity contribution >= 4 is 29.1 Å². The minimum Gasteiger partial charge on any atom is -0.378 e. The maximum absolute atomic E-state index is 12.1. The van der Waals surface area contributed by atoms with Gasteiger partial charge < -0.3 is 20.7 Å². The topological polar surface area (TPSA) is 84.7 Å². The molecule has 2 rings (SSSR count). The fourth-order valence-corrected chi connectivity index (χ4v) is 2.88. The van der Waals surface area contributed by atoms with Crippen LogP contribution in [0.25, 0.3) is 0 Å². The number of hydrogen-bond donors (Lipinski definition) is 2. The van der Waals surface area contributed by atoms with Gasteiger partial charge in [0.05, 0.1) is 23.9 Å². The zero-order valence-electron chi connectivity index (χ0n) is 15.3. The Morgan fingerprint density at radius 2 is 1.96 bits per heavy atom. The van der Waals surface area contributed by atoms with Gasteiger partial charge in [-0.3, -0.25) is 9.59 Å². The number of primary amides is 1. The minimum atomic E-state index is -0.793. The summed E-state index contributed by atoms with van der Waals surface area (Å²) in [4.78, 5) is 25.8. The van der Waals surface area contributed by atoms with Gasteiger partial charge in [0.2, 0.25) is 5.91 Å². The molecule has 1 fully saturated rings. The third-order valence-electron chi connectivity index (χ3n) is 4.04. The van der Waals surface area contributed by atoms with Crippen LogP contribution in [0.5, 0.6) is 0 Å². The average Bonchev–Trinajstić information content (AvgIpc) is 2.58. The Morgan fingerprint density at radius 3 is 2.54 bits per heavy atom. The van der Waals surface area contributed by atoms with Gasteiger partial charge in [-0.25, -0.2) is 0 Å². The van der Waals surface area contributed by atoms with Crippen molar-refractivity contribution < 1.29 is 14.3 Å². The van der Waals surface area contributed by atoms with Crippen LogP contribution in [-0.4, -0.2) is 44.2 Å². The van der Waals surface area contributed by atoms with Crippen LogP contribution in [0, 0.1) is 17.3 Å². The van der Waals surface area contributed by atoms with Gasteiger partial charge >= 0.3 is 0 Å². The number of nitrogens with one attached hydrogen (secondary N) is 1. The highest BCUT2D eigenvalue weighted by atomic mass is 35.5. The van der Waals surface area contributed by atoms with Crippen molar-refractivity contribution in [3.63, 3.8) is 0 Å². The predicted molar refractivity (Wildman–Crippen MR) is 102 cm³/mol. The van der Waals surface area contributed by atoms with Crippen molar-refractivity contribution in [1.82, 2.24) is 5.32 Å². The van der Waals surface area contributed by atoms with Gasteiger partial charge in [-0.15, -0.1) is 0 Å². The number of amides is 2. The molecule has 140 valence electrons. The van der Waals surface area contributed by atoms with Crippen LogP contribution in [-0.2, 0) is 14.3 Å². The van der Waals surface area contributed by atoms with Gasteiger partial charge in [0.25, 0.3) is 5.91 Å². The lowest BCUT2D eigenvalue weighted by Crippen LogP contribution is -2.51. The Labute approximate surface area is 159 Å². The second-order valence-electron chi connectivity index (χ2n) is 7.19. The Hall–Kier alpha value is -2.23. The summed E-state index contributed by atoms with van der Waals surface area (Å²) in [5, 5.41) is 3.20. The van der Waals surface area contributed by atoms with Crippen molar-refractivity contribution in [2.75, 3.05) is 31.2 Å². The molecule has 2 amide bonds. The monoisotopic (exact) mass is 377 g/mol. The Bertz CT molecular complexity index is 741. The van der Waals surface area contributed by atoms with Gasteiger partial charge in [-0.05, 0) is 23.6 Å². The van der Waals surface area contributed by atoms with Gasteiger partial charge in [0, 0.05) is 24.6 Å². The molecule has 0 spiro atoms. The minimum absolute atomic E-state index is 0.493. The second-order valence-corrected chi connectivity index (χ2v) is 7.60. The third kappa shape index (κ3) is 5.38. The van der Waals surface area contributed by atoms with Gasteiger partial charge in [-0.2, -0.15) is 0 Å². The molecular weight excluding hydrogens is 354 g/mol. The largest absolute Gasteiger partial charge is 0.378 e. The highest BCUT2D eigenvalue weighted by Crippen LogP contribution is 2.27. The maximum Gasteiger partial charge on any atom is 0.296 e. The van der Waals surface area contributed by atoms with E-state index < -0.39 is 23.3 Å². The van der Waals surface area contributed by atoms with E-state index in [0.29, 0.717) is 23.8 Å². The Balaban J connectivity index is 2.13. The molecule has 0 saturated carbocycles. The van der Waals surface area contributed by atoms with Gasteiger partial charge in [-0.1, -0.05) is 38.3 Å². The number of rotatable bonds is 3. The number of nitrogens with two attached hydrogens (primary N) is 1. The first-order valence-electron chi connectivity index (χ1n) is 8.42. The van der Waals surface area contributed by atoms with E-state index in [1.54, 1.807) is 12.1 Å². The summed E-state index contributed by atoms with van der Waals surface area (Å²) in [6.45, 7) is 8.27. The molecule has 0 aliphatic carbocycles. The summed E-state index contributed by atoms with van der Waals surface area (Å²) < 4.78 is 5.35. The molecule has 1 unspecified atom stereocenters. The molecule has 0 radical (unpaired) electrons. The van der Waals surface area contributed by atoms with Crippen LogP contribution in [0.4, 0.5) is 5.69 Å². The molecule has 0 bridgehead atoms. The van der Waals surface area contributed by atoms with E-state index in [9.17, 15) is 9.59 Å². The van der Waals surface area contributed by atoms with E-state index in [1.807, 2.05) is 26.8 Å². The number of hydrogen-bond acceptors (Lipinski definition) is 4. The van der Waals surface area contributed by atoms with Crippen LogP contribution in [0.2, 0.25) is 5.02 Å². The molecule has 1 atom stereocenters. The van der Waals surface area contributed by atoms with Crippen molar-refractivity contribution in [3.8, 4) is 11.8 Å². The number of nitrogens with zero attached hydrogens (tertiary/aromatic N) is 1. The fourth-order valence-electron chi connectivity index (χ4n) is 2.65. The molecule has 1 aromatic carbocycles. The molecular formula is C19H24ClN3O3. The average molecular weight is 378 g/mol. The highest BCUT2D eigenvalue weighted by molar-refractivity contribution is 6.33. The standard InChI is InChI=1S/C19H24ClN3O3/c1-19(2,3)17(18(21)25)22-16(24)7-5-13-4-6-14(20)15(12-13)23-8-10-26-11-9-23/h4,6,12,17H,8-11H2,1-3H3,(H2,21,25)(H,22,24). The second kappa shape index (κ2) is 8.43. The summed E-state index contributed by atoms with van der Waals surface area (Å²) in [5.41, 5.74) is 6.40. The molecule has 1 aromatic rings. The van der Waals surface area contributed by atoms with E-state index in [2.05, 4.69) is 22.1 Å².